The normalized spacial score (nSPS) is 20.2. The highest BCUT2D eigenvalue weighted by Gasteiger charge is 2.41. The SMILES string of the molecule is Cc1nn(-c2ccccc2)c2c1C1Nc3c(Cl)cccc3C(=O)C1C=N2. The van der Waals surface area contributed by atoms with Gasteiger partial charge in [0.2, 0.25) is 0 Å². The fraction of sp³-hybridized carbons (Fsp3) is 0.150. The number of para-hydroxylation sites is 2. The van der Waals surface area contributed by atoms with Gasteiger partial charge in [-0.1, -0.05) is 35.9 Å². The lowest BCUT2D eigenvalue weighted by molar-refractivity contribution is 0.0941. The molecule has 2 atom stereocenters. The minimum atomic E-state index is -0.361. The monoisotopic (exact) mass is 362 g/mol. The Morgan fingerprint density at radius 3 is 2.73 bits per heavy atom. The van der Waals surface area contributed by atoms with Crippen LogP contribution in [0.5, 0.6) is 0 Å². The van der Waals surface area contributed by atoms with Crippen LogP contribution in [0, 0.1) is 12.8 Å². The van der Waals surface area contributed by atoms with Gasteiger partial charge in [0.25, 0.3) is 0 Å². The molecule has 1 N–H and O–H groups in total. The third-order valence-electron chi connectivity index (χ3n) is 4.99. The van der Waals surface area contributed by atoms with E-state index in [2.05, 4.69) is 15.4 Å². The maximum absolute atomic E-state index is 13.0. The van der Waals surface area contributed by atoms with E-state index in [1.165, 1.54) is 0 Å². The number of benzene rings is 2. The van der Waals surface area contributed by atoms with Crippen molar-refractivity contribution in [1.82, 2.24) is 9.78 Å². The predicted molar refractivity (Wildman–Crippen MR) is 102 cm³/mol. The van der Waals surface area contributed by atoms with Crippen LogP contribution in [0.3, 0.4) is 0 Å². The first-order valence-electron chi connectivity index (χ1n) is 8.43. The van der Waals surface area contributed by atoms with Crippen LogP contribution < -0.4 is 5.32 Å². The summed E-state index contributed by atoms with van der Waals surface area (Å²) in [7, 11) is 0. The summed E-state index contributed by atoms with van der Waals surface area (Å²) in [5.41, 5.74) is 4.04. The number of nitrogens with one attached hydrogen (secondary N) is 1. The fourth-order valence-electron chi connectivity index (χ4n) is 3.77. The molecule has 2 aliphatic rings. The van der Waals surface area contributed by atoms with Gasteiger partial charge < -0.3 is 5.32 Å². The average Bonchev–Trinajstić information content (AvgIpc) is 3.01. The van der Waals surface area contributed by atoms with Gasteiger partial charge in [0.1, 0.15) is 0 Å². The van der Waals surface area contributed by atoms with Crippen LogP contribution in [-0.2, 0) is 0 Å². The van der Waals surface area contributed by atoms with Gasteiger partial charge in [0.05, 0.1) is 34.1 Å². The maximum Gasteiger partial charge on any atom is 0.175 e. The smallest absolute Gasteiger partial charge is 0.175 e. The van der Waals surface area contributed by atoms with Crippen LogP contribution in [0.1, 0.15) is 27.7 Å². The van der Waals surface area contributed by atoms with Crippen molar-refractivity contribution in [2.75, 3.05) is 5.32 Å². The zero-order valence-electron chi connectivity index (χ0n) is 14.0. The molecule has 0 radical (unpaired) electrons. The van der Waals surface area contributed by atoms with Crippen molar-refractivity contribution in [2.24, 2.45) is 10.9 Å². The molecule has 2 aliphatic heterocycles. The van der Waals surface area contributed by atoms with Gasteiger partial charge in [0, 0.05) is 17.3 Å². The molecule has 128 valence electrons. The van der Waals surface area contributed by atoms with Crippen molar-refractivity contribution < 1.29 is 4.79 Å². The molecular weight excluding hydrogens is 348 g/mol. The van der Waals surface area contributed by atoms with E-state index < -0.39 is 0 Å². The lowest BCUT2D eigenvalue weighted by atomic mass is 9.81. The van der Waals surface area contributed by atoms with Crippen LogP contribution in [0.25, 0.3) is 5.69 Å². The third-order valence-corrected chi connectivity index (χ3v) is 5.31. The number of rotatable bonds is 1. The number of carbonyl (C=O) groups is 1. The topological polar surface area (TPSA) is 59.3 Å². The van der Waals surface area contributed by atoms with Crippen molar-refractivity contribution in [2.45, 2.75) is 13.0 Å². The Hall–Kier alpha value is -2.92. The van der Waals surface area contributed by atoms with Crippen molar-refractivity contribution in [1.29, 1.82) is 0 Å². The molecule has 3 heterocycles. The van der Waals surface area contributed by atoms with E-state index in [1.807, 2.05) is 41.9 Å². The molecule has 3 aromatic rings. The van der Waals surface area contributed by atoms with E-state index in [-0.39, 0.29) is 17.7 Å². The third kappa shape index (κ3) is 2.07. The molecule has 0 amide bonds. The summed E-state index contributed by atoms with van der Waals surface area (Å²) in [4.78, 5) is 17.6. The summed E-state index contributed by atoms with van der Waals surface area (Å²) in [5.74, 6) is 0.429. The lowest BCUT2D eigenvalue weighted by Gasteiger charge is -2.34. The molecule has 0 saturated carbocycles. The highest BCUT2D eigenvalue weighted by atomic mass is 35.5. The van der Waals surface area contributed by atoms with Crippen molar-refractivity contribution in [3.05, 3.63) is 70.4 Å². The van der Waals surface area contributed by atoms with Crippen LogP contribution in [0.4, 0.5) is 11.5 Å². The Morgan fingerprint density at radius 1 is 1.12 bits per heavy atom. The van der Waals surface area contributed by atoms with Crippen molar-refractivity contribution in [3.63, 3.8) is 0 Å². The minimum absolute atomic E-state index is 0.0347. The molecule has 0 fully saturated rings. The summed E-state index contributed by atoms with van der Waals surface area (Å²) in [6.07, 6.45) is 1.73. The molecule has 0 saturated heterocycles. The number of aliphatic imine (C=N–C) groups is 1. The van der Waals surface area contributed by atoms with Crippen LogP contribution in [0.2, 0.25) is 5.02 Å². The van der Waals surface area contributed by atoms with Gasteiger partial charge in [-0.05, 0) is 31.2 Å². The first kappa shape index (κ1) is 15.3. The van der Waals surface area contributed by atoms with E-state index in [0.717, 1.165) is 22.8 Å². The van der Waals surface area contributed by atoms with Gasteiger partial charge in [-0.3, -0.25) is 4.79 Å². The van der Waals surface area contributed by atoms with Gasteiger partial charge >= 0.3 is 0 Å². The fourth-order valence-corrected chi connectivity index (χ4v) is 4.00. The highest BCUT2D eigenvalue weighted by Crippen LogP contribution is 2.45. The number of anilines is 1. The molecule has 26 heavy (non-hydrogen) atoms. The summed E-state index contributed by atoms with van der Waals surface area (Å²) in [6, 6.07) is 15.0. The molecule has 2 aromatic carbocycles. The first-order valence-corrected chi connectivity index (χ1v) is 8.81. The molecule has 5 rings (SSSR count). The van der Waals surface area contributed by atoms with E-state index in [4.69, 9.17) is 11.6 Å². The van der Waals surface area contributed by atoms with Crippen molar-refractivity contribution in [3.8, 4) is 5.69 Å². The second-order valence-corrected chi connectivity index (χ2v) is 6.93. The van der Waals surface area contributed by atoms with Crippen molar-refractivity contribution >= 4 is 35.1 Å². The summed E-state index contributed by atoms with van der Waals surface area (Å²) in [5, 5.41) is 8.69. The second-order valence-electron chi connectivity index (χ2n) is 6.52. The molecule has 6 heteroatoms. The predicted octanol–water partition coefficient (Wildman–Crippen LogP) is 4.52. The van der Waals surface area contributed by atoms with E-state index in [9.17, 15) is 4.79 Å². The molecular formula is C20H15ClN4O. The van der Waals surface area contributed by atoms with Gasteiger partial charge in [-0.15, -0.1) is 0 Å². The quantitative estimate of drug-likeness (QED) is 0.692. The lowest BCUT2D eigenvalue weighted by Crippen LogP contribution is -2.36. The Morgan fingerprint density at radius 2 is 1.92 bits per heavy atom. The summed E-state index contributed by atoms with van der Waals surface area (Å²) < 4.78 is 1.83. The Bertz CT molecular complexity index is 1070. The van der Waals surface area contributed by atoms with Crippen LogP contribution in [-0.4, -0.2) is 21.8 Å². The van der Waals surface area contributed by atoms with Gasteiger partial charge in [0.15, 0.2) is 11.6 Å². The highest BCUT2D eigenvalue weighted by molar-refractivity contribution is 6.34. The van der Waals surface area contributed by atoms with Crippen LogP contribution >= 0.6 is 11.6 Å². The first-order chi connectivity index (χ1) is 12.6. The number of aromatic nitrogens is 2. The zero-order valence-corrected chi connectivity index (χ0v) is 14.7. The van der Waals surface area contributed by atoms with Crippen LogP contribution in [0.15, 0.2) is 53.5 Å². The number of nitrogens with zero attached hydrogens (tertiary/aromatic N) is 3. The number of aryl methyl sites for hydroxylation is 1. The Kier molecular flexibility index (Phi) is 3.27. The number of halogens is 1. The van der Waals surface area contributed by atoms with E-state index in [0.29, 0.717) is 16.3 Å². The standard InChI is InChI=1S/C20H15ClN4O/c1-11-16-18-14(19(26)13-8-5-9-15(21)17(13)23-18)10-22-20(16)25(24-11)12-6-3-2-4-7-12/h2-10,14,18,23H,1H3. The number of hydrogen-bond donors (Lipinski definition) is 1. The largest absolute Gasteiger partial charge is 0.375 e. The number of ketones is 1. The molecule has 1 aromatic heterocycles. The zero-order chi connectivity index (χ0) is 17.8. The number of hydrogen-bond acceptors (Lipinski definition) is 4. The number of fused-ring (bicyclic) bond motifs is 4. The molecule has 0 bridgehead atoms. The number of carbonyl (C=O) groups excluding carboxylic acids is 1. The molecule has 0 spiro atoms. The van der Waals surface area contributed by atoms with E-state index in [1.54, 1.807) is 24.4 Å². The Labute approximate surface area is 155 Å². The van der Waals surface area contributed by atoms with Gasteiger partial charge in [-0.25, -0.2) is 9.67 Å². The summed E-state index contributed by atoms with van der Waals surface area (Å²) >= 11 is 6.34. The maximum atomic E-state index is 13.0. The Balaban J connectivity index is 1.68. The minimum Gasteiger partial charge on any atom is -0.375 e. The second kappa shape index (κ2) is 5.54. The summed E-state index contributed by atoms with van der Waals surface area (Å²) in [6.45, 7) is 1.95. The average molecular weight is 363 g/mol. The van der Waals surface area contributed by atoms with E-state index >= 15 is 0 Å². The molecule has 2 unspecified atom stereocenters. The number of Topliss-reactive ketones (excluding diaryl/α,β-unsaturated/α-hetero) is 1. The molecule has 5 nitrogen and oxygen atoms in total. The molecule has 0 aliphatic carbocycles. The van der Waals surface area contributed by atoms with Gasteiger partial charge in [-0.2, -0.15) is 5.10 Å².